The van der Waals surface area contributed by atoms with Crippen molar-refractivity contribution in [2.45, 2.75) is 38.8 Å². The Labute approximate surface area is 114 Å². The van der Waals surface area contributed by atoms with E-state index in [1.165, 1.54) is 0 Å². The molecule has 1 aromatic rings. The largest absolute Gasteiger partial charge is 0.341 e. The van der Waals surface area contributed by atoms with Crippen molar-refractivity contribution in [3.63, 3.8) is 0 Å². The molecular weight excluding hydrogens is 248 g/mol. The molecule has 0 radical (unpaired) electrons. The smallest absolute Gasteiger partial charge is 0.224 e. The molecule has 1 unspecified atom stereocenters. The maximum Gasteiger partial charge on any atom is 0.224 e. The van der Waals surface area contributed by atoms with E-state index in [4.69, 9.17) is 17.3 Å². The summed E-state index contributed by atoms with van der Waals surface area (Å²) in [6, 6.07) is 7.51. The van der Waals surface area contributed by atoms with Gasteiger partial charge in [-0.15, -0.1) is 0 Å². The predicted octanol–water partition coefficient (Wildman–Crippen LogP) is 2.82. The molecule has 0 fully saturated rings. The molecule has 0 saturated carbocycles. The average Bonchev–Trinajstić information content (AvgIpc) is 2.29. The second kappa shape index (κ2) is 7.39. The molecule has 0 aromatic heterocycles. The van der Waals surface area contributed by atoms with Crippen LogP contribution in [0.5, 0.6) is 0 Å². The first kappa shape index (κ1) is 15.0. The maximum absolute atomic E-state index is 11.9. The maximum atomic E-state index is 11.9. The van der Waals surface area contributed by atoms with Crippen molar-refractivity contribution in [1.29, 1.82) is 0 Å². The third-order valence-electron chi connectivity index (χ3n) is 2.83. The minimum absolute atomic E-state index is 0.0377. The quantitative estimate of drug-likeness (QED) is 0.862. The molecular formula is C14H21ClN2O. The molecule has 0 heterocycles. The summed E-state index contributed by atoms with van der Waals surface area (Å²) in [6.45, 7) is 2.64. The van der Waals surface area contributed by atoms with Crippen molar-refractivity contribution in [3.05, 3.63) is 34.9 Å². The van der Waals surface area contributed by atoms with Crippen LogP contribution >= 0.6 is 11.6 Å². The van der Waals surface area contributed by atoms with E-state index in [1.54, 1.807) is 11.9 Å². The summed E-state index contributed by atoms with van der Waals surface area (Å²) in [5.74, 6) is 0.0796. The molecule has 0 spiro atoms. The van der Waals surface area contributed by atoms with Gasteiger partial charge in [-0.25, -0.2) is 0 Å². The summed E-state index contributed by atoms with van der Waals surface area (Å²) in [7, 11) is 1.79. The second-order valence-electron chi connectivity index (χ2n) is 4.63. The van der Waals surface area contributed by atoms with Gasteiger partial charge in [0.2, 0.25) is 5.91 Å². The highest BCUT2D eigenvalue weighted by Crippen LogP contribution is 2.13. The average molecular weight is 269 g/mol. The van der Waals surface area contributed by atoms with E-state index in [0.29, 0.717) is 18.0 Å². The van der Waals surface area contributed by atoms with E-state index >= 15 is 0 Å². The topological polar surface area (TPSA) is 46.3 Å². The van der Waals surface area contributed by atoms with Crippen molar-refractivity contribution in [3.8, 4) is 0 Å². The number of halogens is 1. The van der Waals surface area contributed by atoms with Crippen molar-refractivity contribution in [1.82, 2.24) is 4.90 Å². The fourth-order valence-electron chi connectivity index (χ4n) is 1.85. The lowest BCUT2D eigenvalue weighted by atomic mass is 10.1. The predicted molar refractivity (Wildman–Crippen MR) is 75.4 cm³/mol. The van der Waals surface area contributed by atoms with E-state index in [9.17, 15) is 4.79 Å². The molecule has 2 N–H and O–H groups in total. The van der Waals surface area contributed by atoms with Gasteiger partial charge in [0.25, 0.3) is 0 Å². The van der Waals surface area contributed by atoms with Crippen LogP contribution in [0, 0.1) is 0 Å². The Kier molecular flexibility index (Phi) is 6.16. The first-order valence-corrected chi connectivity index (χ1v) is 6.64. The van der Waals surface area contributed by atoms with Gasteiger partial charge in [0.05, 0.1) is 0 Å². The molecule has 1 rings (SSSR count). The normalized spacial score (nSPS) is 12.2. The fraction of sp³-hybridized carbons (Fsp3) is 0.500. The molecule has 100 valence electrons. The fourth-order valence-corrected chi connectivity index (χ4v) is 2.06. The van der Waals surface area contributed by atoms with Crippen LogP contribution in [0.1, 0.15) is 31.7 Å². The molecule has 0 aliphatic rings. The van der Waals surface area contributed by atoms with E-state index in [0.717, 1.165) is 18.4 Å². The molecule has 0 bridgehead atoms. The van der Waals surface area contributed by atoms with Crippen molar-refractivity contribution >= 4 is 17.5 Å². The van der Waals surface area contributed by atoms with Crippen molar-refractivity contribution in [2.75, 3.05) is 7.05 Å². The summed E-state index contributed by atoms with van der Waals surface area (Å²) < 4.78 is 0. The van der Waals surface area contributed by atoms with Gasteiger partial charge in [-0.05, 0) is 24.1 Å². The van der Waals surface area contributed by atoms with Gasteiger partial charge < -0.3 is 10.6 Å². The summed E-state index contributed by atoms with van der Waals surface area (Å²) in [6.07, 6.45) is 2.30. The lowest BCUT2D eigenvalue weighted by Gasteiger charge is -2.19. The molecule has 18 heavy (non-hydrogen) atoms. The number of carbonyl (C=O) groups excluding carboxylic acids is 1. The Balaban J connectivity index is 2.49. The first-order valence-electron chi connectivity index (χ1n) is 6.27. The highest BCUT2D eigenvalue weighted by molar-refractivity contribution is 6.30. The Bertz CT molecular complexity index is 395. The lowest BCUT2D eigenvalue weighted by molar-refractivity contribution is -0.130. The first-order chi connectivity index (χ1) is 8.52. The SMILES string of the molecule is CCCC(N)CC(=O)N(C)Cc1cccc(Cl)c1. The zero-order valence-corrected chi connectivity index (χ0v) is 11.8. The third-order valence-corrected chi connectivity index (χ3v) is 3.07. The van der Waals surface area contributed by atoms with Crippen LogP contribution in [0.15, 0.2) is 24.3 Å². The molecule has 0 aliphatic carbocycles. The van der Waals surface area contributed by atoms with Gasteiger partial charge in [-0.3, -0.25) is 4.79 Å². The van der Waals surface area contributed by atoms with Crippen molar-refractivity contribution < 1.29 is 4.79 Å². The Morgan fingerprint density at radius 2 is 2.22 bits per heavy atom. The van der Waals surface area contributed by atoms with Crippen LogP contribution in [-0.4, -0.2) is 23.9 Å². The van der Waals surface area contributed by atoms with E-state index in [2.05, 4.69) is 6.92 Å². The summed E-state index contributed by atoms with van der Waals surface area (Å²) >= 11 is 5.91. The van der Waals surface area contributed by atoms with Crippen molar-refractivity contribution in [2.24, 2.45) is 5.73 Å². The number of nitrogens with two attached hydrogens (primary N) is 1. The molecule has 0 saturated heterocycles. The number of benzene rings is 1. The van der Waals surface area contributed by atoms with Crippen LogP contribution in [0.25, 0.3) is 0 Å². The van der Waals surface area contributed by atoms with E-state index < -0.39 is 0 Å². The number of hydrogen-bond acceptors (Lipinski definition) is 2. The number of nitrogens with zero attached hydrogens (tertiary/aromatic N) is 1. The Morgan fingerprint density at radius 1 is 1.50 bits per heavy atom. The van der Waals surface area contributed by atoms with Crippen LogP contribution in [0.2, 0.25) is 5.02 Å². The number of hydrogen-bond donors (Lipinski definition) is 1. The van der Waals surface area contributed by atoms with Gasteiger partial charge in [-0.1, -0.05) is 37.1 Å². The van der Waals surface area contributed by atoms with Gasteiger partial charge in [-0.2, -0.15) is 0 Å². The number of amides is 1. The molecule has 4 heteroatoms. The van der Waals surface area contributed by atoms with Gasteiger partial charge in [0.15, 0.2) is 0 Å². The lowest BCUT2D eigenvalue weighted by Crippen LogP contribution is -2.32. The summed E-state index contributed by atoms with van der Waals surface area (Å²) in [5.41, 5.74) is 6.90. The molecule has 0 aliphatic heterocycles. The molecule has 1 aromatic carbocycles. The Morgan fingerprint density at radius 3 is 2.83 bits per heavy atom. The highest BCUT2D eigenvalue weighted by atomic mass is 35.5. The number of rotatable bonds is 6. The molecule has 1 amide bonds. The van der Waals surface area contributed by atoms with E-state index in [-0.39, 0.29) is 11.9 Å². The van der Waals surface area contributed by atoms with Crippen LogP contribution in [0.3, 0.4) is 0 Å². The second-order valence-corrected chi connectivity index (χ2v) is 5.07. The summed E-state index contributed by atoms with van der Waals surface area (Å²) in [5, 5.41) is 0.691. The molecule has 1 atom stereocenters. The van der Waals surface area contributed by atoms with E-state index in [1.807, 2.05) is 24.3 Å². The van der Waals surface area contributed by atoms with Crippen LogP contribution in [0.4, 0.5) is 0 Å². The third kappa shape index (κ3) is 5.07. The molecule has 3 nitrogen and oxygen atoms in total. The summed E-state index contributed by atoms with van der Waals surface area (Å²) in [4.78, 5) is 13.6. The zero-order valence-electron chi connectivity index (χ0n) is 11.0. The minimum Gasteiger partial charge on any atom is -0.341 e. The standard InChI is InChI=1S/C14H21ClN2O/c1-3-5-13(16)9-14(18)17(2)10-11-6-4-7-12(15)8-11/h4,6-8,13H,3,5,9-10,16H2,1-2H3. The van der Waals surface area contributed by atoms with Crippen LogP contribution < -0.4 is 5.73 Å². The van der Waals surface area contributed by atoms with Gasteiger partial charge in [0, 0.05) is 31.1 Å². The monoisotopic (exact) mass is 268 g/mol. The highest BCUT2D eigenvalue weighted by Gasteiger charge is 2.13. The van der Waals surface area contributed by atoms with Gasteiger partial charge >= 0.3 is 0 Å². The zero-order chi connectivity index (χ0) is 13.5. The van der Waals surface area contributed by atoms with Gasteiger partial charge in [0.1, 0.15) is 0 Å². The van der Waals surface area contributed by atoms with Crippen LogP contribution in [-0.2, 0) is 11.3 Å². The minimum atomic E-state index is -0.0377. The number of carbonyl (C=O) groups is 1. The Hall–Kier alpha value is -1.06.